The highest BCUT2D eigenvalue weighted by Gasteiger charge is 2.05. The van der Waals surface area contributed by atoms with Gasteiger partial charge in [-0.15, -0.1) is 0 Å². The lowest BCUT2D eigenvalue weighted by atomic mass is 10.0. The Bertz CT molecular complexity index is 379. The molecule has 0 radical (unpaired) electrons. The Morgan fingerprint density at radius 1 is 0.324 bits per heavy atom. The zero-order valence-corrected chi connectivity index (χ0v) is 27.1. The van der Waals surface area contributed by atoms with Crippen LogP contribution in [0.25, 0.3) is 0 Å². The molecule has 0 unspecified atom stereocenters. The van der Waals surface area contributed by atoms with Crippen LogP contribution in [0.1, 0.15) is 202 Å². The Morgan fingerprint density at radius 2 is 0.568 bits per heavy atom. The Morgan fingerprint density at radius 3 is 0.838 bits per heavy atom. The monoisotopic (exact) mass is 522 g/mol. The van der Waals surface area contributed by atoms with Crippen LogP contribution >= 0.6 is 0 Å². The maximum absolute atomic E-state index is 2.84. The first-order chi connectivity index (χ1) is 18.1. The predicted molar refractivity (Wildman–Crippen MR) is 172 cm³/mol. The first-order valence-corrected chi connectivity index (χ1v) is 17.8. The van der Waals surface area contributed by atoms with Gasteiger partial charge in [0.2, 0.25) is 0 Å². The standard InChI is InChI=1S/C36H75N/c1-6-7-8-9-10-11-12-13-14-15-16-17-22-27-32-37(33-28-23-18-20-25-30-35(2)3)34-29-24-19-21-26-31-36(4)5/h35-36H,6-34H2,1-5H3. The minimum atomic E-state index is 0.881. The second-order valence-corrected chi connectivity index (χ2v) is 13.3. The summed E-state index contributed by atoms with van der Waals surface area (Å²) in [7, 11) is 0. The summed E-state index contributed by atoms with van der Waals surface area (Å²) in [5, 5.41) is 0. The minimum absolute atomic E-state index is 0.881. The van der Waals surface area contributed by atoms with Gasteiger partial charge in [0.15, 0.2) is 0 Å². The molecule has 0 atom stereocenters. The van der Waals surface area contributed by atoms with Crippen LogP contribution in [-0.2, 0) is 0 Å². The second-order valence-electron chi connectivity index (χ2n) is 13.3. The molecule has 1 heteroatoms. The van der Waals surface area contributed by atoms with Crippen molar-refractivity contribution in [1.29, 1.82) is 0 Å². The molecular formula is C36H75N. The molecule has 0 aromatic carbocycles. The molecule has 0 spiro atoms. The van der Waals surface area contributed by atoms with Gasteiger partial charge in [-0.3, -0.25) is 0 Å². The van der Waals surface area contributed by atoms with Crippen LogP contribution in [-0.4, -0.2) is 24.5 Å². The van der Waals surface area contributed by atoms with Crippen molar-refractivity contribution < 1.29 is 0 Å². The average molecular weight is 522 g/mol. The molecule has 0 aliphatic carbocycles. The predicted octanol–water partition coefficient (Wildman–Crippen LogP) is 12.8. The maximum atomic E-state index is 2.84. The minimum Gasteiger partial charge on any atom is -0.303 e. The molecule has 37 heavy (non-hydrogen) atoms. The molecule has 0 aromatic heterocycles. The third kappa shape index (κ3) is 32.1. The first kappa shape index (κ1) is 37.0. The summed E-state index contributed by atoms with van der Waals surface area (Å²) in [6.07, 6.45) is 37.7. The third-order valence-electron chi connectivity index (χ3n) is 8.34. The molecule has 0 bridgehead atoms. The van der Waals surface area contributed by atoms with Crippen molar-refractivity contribution in [1.82, 2.24) is 4.90 Å². The van der Waals surface area contributed by atoms with Gasteiger partial charge in [-0.25, -0.2) is 0 Å². The van der Waals surface area contributed by atoms with Gasteiger partial charge in [0.1, 0.15) is 0 Å². The zero-order chi connectivity index (χ0) is 27.2. The van der Waals surface area contributed by atoms with Crippen LogP contribution in [0.3, 0.4) is 0 Å². The smallest absolute Gasteiger partial charge is 0.00187 e. The second kappa shape index (κ2) is 30.5. The van der Waals surface area contributed by atoms with Crippen LogP contribution < -0.4 is 0 Å². The van der Waals surface area contributed by atoms with Crippen LogP contribution in [0.4, 0.5) is 0 Å². The van der Waals surface area contributed by atoms with Crippen LogP contribution in [0.15, 0.2) is 0 Å². The molecule has 0 aliphatic rings. The molecule has 0 fully saturated rings. The van der Waals surface area contributed by atoms with Crippen molar-refractivity contribution in [3.63, 3.8) is 0 Å². The molecule has 0 amide bonds. The van der Waals surface area contributed by atoms with E-state index in [0.29, 0.717) is 0 Å². The average Bonchev–Trinajstić information content (AvgIpc) is 2.86. The Labute approximate surface area is 237 Å². The summed E-state index contributed by atoms with van der Waals surface area (Å²) in [6, 6.07) is 0. The molecule has 0 rings (SSSR count). The summed E-state index contributed by atoms with van der Waals surface area (Å²) in [6.45, 7) is 15.8. The van der Waals surface area contributed by atoms with Gasteiger partial charge in [0.05, 0.1) is 0 Å². The number of unbranched alkanes of at least 4 members (excludes halogenated alkanes) is 21. The molecule has 1 nitrogen and oxygen atoms in total. The zero-order valence-electron chi connectivity index (χ0n) is 27.1. The van der Waals surface area contributed by atoms with Crippen molar-refractivity contribution >= 4 is 0 Å². The fraction of sp³-hybridized carbons (Fsp3) is 1.00. The van der Waals surface area contributed by atoms with Gasteiger partial charge in [-0.05, 0) is 50.7 Å². The van der Waals surface area contributed by atoms with Crippen molar-refractivity contribution in [3.8, 4) is 0 Å². The van der Waals surface area contributed by atoms with E-state index in [2.05, 4.69) is 39.5 Å². The number of nitrogens with zero attached hydrogens (tertiary/aromatic N) is 1. The quantitative estimate of drug-likeness (QED) is 0.0820. The van der Waals surface area contributed by atoms with Crippen molar-refractivity contribution in [3.05, 3.63) is 0 Å². The molecule has 0 aliphatic heterocycles. The lowest BCUT2D eigenvalue weighted by Crippen LogP contribution is -2.27. The highest BCUT2D eigenvalue weighted by Crippen LogP contribution is 2.15. The fourth-order valence-electron chi connectivity index (χ4n) is 5.70. The van der Waals surface area contributed by atoms with E-state index in [4.69, 9.17) is 0 Å². The number of hydrogen-bond acceptors (Lipinski definition) is 1. The van der Waals surface area contributed by atoms with E-state index in [1.165, 1.54) is 187 Å². The van der Waals surface area contributed by atoms with E-state index >= 15 is 0 Å². The van der Waals surface area contributed by atoms with Crippen molar-refractivity contribution in [2.24, 2.45) is 11.8 Å². The largest absolute Gasteiger partial charge is 0.303 e. The van der Waals surface area contributed by atoms with E-state index in [-0.39, 0.29) is 0 Å². The third-order valence-corrected chi connectivity index (χ3v) is 8.34. The van der Waals surface area contributed by atoms with Gasteiger partial charge in [-0.1, -0.05) is 182 Å². The normalized spacial score (nSPS) is 12.0. The van der Waals surface area contributed by atoms with E-state index in [0.717, 1.165) is 11.8 Å². The summed E-state index contributed by atoms with van der Waals surface area (Å²) < 4.78 is 0. The summed E-state index contributed by atoms with van der Waals surface area (Å²) in [5.41, 5.74) is 0. The summed E-state index contributed by atoms with van der Waals surface area (Å²) in [4.78, 5) is 2.84. The Balaban J connectivity index is 3.82. The Kier molecular flexibility index (Phi) is 30.5. The molecule has 0 N–H and O–H groups in total. The number of rotatable bonds is 31. The maximum Gasteiger partial charge on any atom is -0.00187 e. The topological polar surface area (TPSA) is 3.24 Å². The van der Waals surface area contributed by atoms with E-state index in [1.54, 1.807) is 0 Å². The highest BCUT2D eigenvalue weighted by atomic mass is 15.1. The van der Waals surface area contributed by atoms with Crippen LogP contribution in [0, 0.1) is 11.8 Å². The lowest BCUT2D eigenvalue weighted by molar-refractivity contribution is 0.254. The fourth-order valence-corrected chi connectivity index (χ4v) is 5.70. The summed E-state index contributed by atoms with van der Waals surface area (Å²) >= 11 is 0. The Hall–Kier alpha value is -0.0400. The van der Waals surface area contributed by atoms with Gasteiger partial charge in [-0.2, -0.15) is 0 Å². The van der Waals surface area contributed by atoms with Crippen LogP contribution in [0.5, 0.6) is 0 Å². The highest BCUT2D eigenvalue weighted by molar-refractivity contribution is 4.61. The molecule has 0 saturated heterocycles. The SMILES string of the molecule is CCCCCCCCCCCCCCCCN(CCCCCCCC(C)C)CCCCCCCC(C)C. The van der Waals surface area contributed by atoms with Gasteiger partial charge >= 0.3 is 0 Å². The van der Waals surface area contributed by atoms with E-state index in [1.807, 2.05) is 0 Å². The van der Waals surface area contributed by atoms with E-state index in [9.17, 15) is 0 Å². The van der Waals surface area contributed by atoms with E-state index < -0.39 is 0 Å². The van der Waals surface area contributed by atoms with Gasteiger partial charge in [0, 0.05) is 0 Å². The summed E-state index contributed by atoms with van der Waals surface area (Å²) in [5.74, 6) is 1.76. The molecule has 0 saturated carbocycles. The van der Waals surface area contributed by atoms with Gasteiger partial charge < -0.3 is 4.90 Å². The van der Waals surface area contributed by atoms with Crippen molar-refractivity contribution in [2.45, 2.75) is 202 Å². The molecule has 224 valence electrons. The first-order valence-electron chi connectivity index (χ1n) is 17.8. The van der Waals surface area contributed by atoms with Gasteiger partial charge in [0.25, 0.3) is 0 Å². The molecular weight excluding hydrogens is 446 g/mol. The molecule has 0 heterocycles. The van der Waals surface area contributed by atoms with Crippen molar-refractivity contribution in [2.75, 3.05) is 19.6 Å². The lowest BCUT2D eigenvalue weighted by Gasteiger charge is -2.22. The van der Waals surface area contributed by atoms with Crippen LogP contribution in [0.2, 0.25) is 0 Å². The number of hydrogen-bond donors (Lipinski definition) is 0. The molecule has 0 aromatic rings.